The van der Waals surface area contributed by atoms with Crippen LogP contribution in [0.1, 0.15) is 85.5 Å². The molecule has 1 heterocycles. The van der Waals surface area contributed by atoms with Gasteiger partial charge in [0.25, 0.3) is 0 Å². The first-order valence-corrected chi connectivity index (χ1v) is 12.5. The quantitative estimate of drug-likeness (QED) is 0.223. The highest BCUT2D eigenvalue weighted by molar-refractivity contribution is 5.84. The van der Waals surface area contributed by atoms with Crippen LogP contribution in [0.3, 0.4) is 0 Å². The Labute approximate surface area is 200 Å². The second-order valence-corrected chi connectivity index (χ2v) is 10.2. The molecule has 5 atom stereocenters. The van der Waals surface area contributed by atoms with Gasteiger partial charge >= 0.3 is 5.97 Å². The largest absolute Gasteiger partial charge is 0.481 e. The third-order valence-electron chi connectivity index (χ3n) is 6.81. The minimum Gasteiger partial charge on any atom is -0.481 e. The summed E-state index contributed by atoms with van der Waals surface area (Å²) in [5, 5.41) is 8.75. The van der Waals surface area contributed by atoms with E-state index in [1.807, 2.05) is 19.1 Å². The number of Topliss-reactive ketones (excluding diaryl/α,β-unsaturated/α-hetero) is 1. The molecule has 1 aliphatic heterocycles. The molecule has 0 aromatic carbocycles. The average Bonchev–Trinajstić information content (AvgIpc) is 3.04. The molecule has 1 N–H and O–H groups in total. The molecule has 1 unspecified atom stereocenters. The zero-order chi connectivity index (χ0) is 24.3. The maximum atomic E-state index is 12.7. The second kappa shape index (κ2) is 13.7. The molecule has 0 radical (unpaired) electrons. The van der Waals surface area contributed by atoms with Gasteiger partial charge in [0.1, 0.15) is 5.78 Å². The first-order chi connectivity index (χ1) is 15.7. The minimum atomic E-state index is -0.767. The zero-order valence-corrected chi connectivity index (χ0v) is 20.8. The molecule has 2 aliphatic rings. The fraction of sp³-hybridized carbons (Fsp3) is 0.714. The Kier molecular flexibility index (Phi) is 11.4. The summed E-state index contributed by atoms with van der Waals surface area (Å²) in [6, 6.07) is 0. The van der Waals surface area contributed by atoms with Crippen LogP contribution in [0.4, 0.5) is 0 Å². The average molecular weight is 459 g/mol. The van der Waals surface area contributed by atoms with Crippen LogP contribution in [0.2, 0.25) is 0 Å². The lowest BCUT2D eigenvalue weighted by molar-refractivity contribution is -0.196. The molecule has 33 heavy (non-hydrogen) atoms. The number of ether oxygens (including phenoxy) is 2. The van der Waals surface area contributed by atoms with Gasteiger partial charge in [-0.1, -0.05) is 45.1 Å². The second-order valence-electron chi connectivity index (χ2n) is 10.2. The van der Waals surface area contributed by atoms with Crippen LogP contribution in [0.15, 0.2) is 24.3 Å². The van der Waals surface area contributed by atoms with E-state index in [0.29, 0.717) is 31.0 Å². The maximum Gasteiger partial charge on any atom is 0.303 e. The van der Waals surface area contributed by atoms with Crippen LogP contribution >= 0.6 is 0 Å². The van der Waals surface area contributed by atoms with Crippen LogP contribution in [0, 0.1) is 35.0 Å². The number of rotatable bonds is 12. The first kappa shape index (κ1) is 27.3. The van der Waals surface area contributed by atoms with E-state index < -0.39 is 5.97 Å². The molecule has 0 aromatic heterocycles. The van der Waals surface area contributed by atoms with Crippen LogP contribution in [0.5, 0.6) is 0 Å². The first-order valence-electron chi connectivity index (χ1n) is 12.5. The maximum absolute atomic E-state index is 12.7. The van der Waals surface area contributed by atoms with E-state index in [2.05, 4.69) is 44.8 Å². The van der Waals surface area contributed by atoms with Gasteiger partial charge in [-0.25, -0.2) is 0 Å². The Hall–Kier alpha value is -1.90. The van der Waals surface area contributed by atoms with Crippen molar-refractivity contribution in [2.24, 2.45) is 23.2 Å². The van der Waals surface area contributed by atoms with Crippen molar-refractivity contribution in [3.05, 3.63) is 24.3 Å². The van der Waals surface area contributed by atoms with Crippen LogP contribution < -0.4 is 0 Å². The number of carbonyl (C=O) groups is 2. The van der Waals surface area contributed by atoms with E-state index in [0.717, 1.165) is 38.7 Å². The molecule has 5 heteroatoms. The van der Waals surface area contributed by atoms with Gasteiger partial charge < -0.3 is 14.6 Å². The third kappa shape index (κ3) is 9.10. The number of allylic oxidation sites excluding steroid dienone is 3. The lowest BCUT2D eigenvalue weighted by atomic mass is 9.81. The van der Waals surface area contributed by atoms with Crippen molar-refractivity contribution in [2.75, 3.05) is 6.61 Å². The van der Waals surface area contributed by atoms with E-state index in [1.54, 1.807) is 0 Å². The van der Waals surface area contributed by atoms with Crippen molar-refractivity contribution in [1.82, 2.24) is 0 Å². The molecule has 184 valence electrons. The highest BCUT2D eigenvalue weighted by Crippen LogP contribution is 2.39. The number of aliphatic carboxylic acids is 1. The minimum absolute atomic E-state index is 0.0305. The smallest absolute Gasteiger partial charge is 0.303 e. The molecular formula is C28H42O5. The van der Waals surface area contributed by atoms with Gasteiger partial charge in [0, 0.05) is 37.2 Å². The van der Waals surface area contributed by atoms with Gasteiger partial charge in [0.15, 0.2) is 6.29 Å². The molecule has 1 saturated heterocycles. The molecule has 0 spiro atoms. The number of carboxylic acids is 1. The summed E-state index contributed by atoms with van der Waals surface area (Å²) in [4.78, 5) is 23.3. The van der Waals surface area contributed by atoms with Crippen LogP contribution in [-0.4, -0.2) is 35.9 Å². The van der Waals surface area contributed by atoms with Crippen molar-refractivity contribution in [3.8, 4) is 11.8 Å². The summed E-state index contributed by atoms with van der Waals surface area (Å²) >= 11 is 0. The van der Waals surface area contributed by atoms with Gasteiger partial charge in [-0.2, -0.15) is 0 Å². The standard InChI is InChI=1S/C28H42O5/c1-5-6-18-28(3,4)25(33-27-15-11-12-19-32-27)17-16-22-21(2)20-24(29)23(22)13-9-7-8-10-14-26(30)31/h7,9,16-17,21-23,25,27H,8,10-15,18-20H2,1-4H3,(H,30,31)/b9-7-,17-16+/t21-,22+,23-,25-,27?/m1/s1. The van der Waals surface area contributed by atoms with E-state index in [-0.39, 0.29) is 36.1 Å². The lowest BCUT2D eigenvalue weighted by Crippen LogP contribution is -2.36. The van der Waals surface area contributed by atoms with E-state index in [9.17, 15) is 9.59 Å². The number of hydrogen-bond acceptors (Lipinski definition) is 4. The zero-order valence-electron chi connectivity index (χ0n) is 20.8. The summed E-state index contributed by atoms with van der Waals surface area (Å²) in [5.74, 6) is 6.19. The predicted octanol–water partition coefficient (Wildman–Crippen LogP) is 5.94. The van der Waals surface area contributed by atoms with Gasteiger partial charge in [-0.15, -0.1) is 11.8 Å². The van der Waals surface area contributed by atoms with Crippen molar-refractivity contribution in [3.63, 3.8) is 0 Å². The van der Waals surface area contributed by atoms with Gasteiger partial charge in [-0.3, -0.25) is 9.59 Å². The molecule has 0 amide bonds. The number of unbranched alkanes of at least 4 members (excludes halogenated alkanes) is 1. The Bertz CT molecular complexity index is 748. The lowest BCUT2D eigenvalue weighted by Gasteiger charge is -2.35. The Morgan fingerprint density at radius 3 is 2.79 bits per heavy atom. The number of carboxylic acid groups (broad SMARTS) is 1. The molecule has 1 aliphatic carbocycles. The molecule has 5 nitrogen and oxygen atoms in total. The highest BCUT2D eigenvalue weighted by Gasteiger charge is 2.38. The summed E-state index contributed by atoms with van der Waals surface area (Å²) in [6.45, 7) is 9.10. The fourth-order valence-electron chi connectivity index (χ4n) is 4.68. The predicted molar refractivity (Wildman–Crippen MR) is 130 cm³/mol. The summed E-state index contributed by atoms with van der Waals surface area (Å²) < 4.78 is 12.3. The number of ketones is 1. The number of carbonyl (C=O) groups excluding carboxylic acids is 1. The van der Waals surface area contributed by atoms with Gasteiger partial charge in [0.2, 0.25) is 0 Å². The summed E-state index contributed by atoms with van der Waals surface area (Å²) in [5.41, 5.74) is -0.175. The summed E-state index contributed by atoms with van der Waals surface area (Å²) in [6.07, 6.45) is 14.8. The monoisotopic (exact) mass is 458 g/mol. The SMILES string of the molecule is CC#CCC(C)(C)[C@@H](/C=C/[C@H]1[C@H](C)CC(=O)[C@@H]1C/C=C\CCCC(=O)O)OC1CCCCO1. The summed E-state index contributed by atoms with van der Waals surface area (Å²) in [7, 11) is 0. The van der Waals surface area contributed by atoms with Gasteiger partial charge in [0.05, 0.1) is 6.10 Å². The Morgan fingerprint density at radius 2 is 2.12 bits per heavy atom. The topological polar surface area (TPSA) is 72.8 Å². The number of hydrogen-bond donors (Lipinski definition) is 1. The third-order valence-corrected chi connectivity index (χ3v) is 6.81. The van der Waals surface area contributed by atoms with Crippen molar-refractivity contribution >= 4 is 11.8 Å². The van der Waals surface area contributed by atoms with Crippen molar-refractivity contribution in [1.29, 1.82) is 0 Å². The molecule has 0 bridgehead atoms. The molecule has 2 fully saturated rings. The molecule has 0 aromatic rings. The normalized spacial score (nSPS) is 27.1. The van der Waals surface area contributed by atoms with E-state index in [1.165, 1.54) is 0 Å². The van der Waals surface area contributed by atoms with Gasteiger partial charge in [-0.05, 0) is 57.3 Å². The van der Waals surface area contributed by atoms with E-state index in [4.69, 9.17) is 14.6 Å². The Morgan fingerprint density at radius 1 is 1.33 bits per heavy atom. The van der Waals surface area contributed by atoms with Crippen LogP contribution in [0.25, 0.3) is 0 Å². The van der Waals surface area contributed by atoms with Crippen molar-refractivity contribution in [2.45, 2.75) is 97.9 Å². The van der Waals surface area contributed by atoms with Crippen molar-refractivity contribution < 1.29 is 24.2 Å². The molecule has 1 saturated carbocycles. The Balaban J connectivity index is 2.08. The molecule has 2 rings (SSSR count). The highest BCUT2D eigenvalue weighted by atomic mass is 16.7. The van der Waals surface area contributed by atoms with Crippen LogP contribution in [-0.2, 0) is 19.1 Å². The molecular weight excluding hydrogens is 416 g/mol. The fourth-order valence-corrected chi connectivity index (χ4v) is 4.68. The van der Waals surface area contributed by atoms with E-state index >= 15 is 0 Å².